The number of benzene rings is 1. The van der Waals surface area contributed by atoms with Gasteiger partial charge in [-0.2, -0.15) is 9.64 Å². The minimum absolute atomic E-state index is 0.00819. The fourth-order valence-electron chi connectivity index (χ4n) is 2.78. The van der Waals surface area contributed by atoms with Gasteiger partial charge in [0.15, 0.2) is 11.6 Å². The number of nitriles is 1. The molecule has 0 amide bonds. The first-order chi connectivity index (χ1) is 11.6. The summed E-state index contributed by atoms with van der Waals surface area (Å²) in [5, 5.41) is 9.66. The first-order valence-electron chi connectivity index (χ1n) is 7.84. The third kappa shape index (κ3) is 3.31. The first-order valence-corrected chi connectivity index (χ1v) is 8.61. The summed E-state index contributed by atoms with van der Waals surface area (Å²) in [6, 6.07) is 3.93. The van der Waals surface area contributed by atoms with E-state index in [-0.39, 0.29) is 11.3 Å². The lowest BCUT2D eigenvalue weighted by atomic mass is 10.2. The zero-order valence-electron chi connectivity index (χ0n) is 13.3. The Balaban J connectivity index is 1.77. The highest BCUT2D eigenvalue weighted by Gasteiger charge is 2.23. The third-order valence-corrected chi connectivity index (χ3v) is 4.82. The fraction of sp³-hybridized carbons (Fsp3) is 0.438. The number of rotatable bonds is 3. The van der Waals surface area contributed by atoms with Gasteiger partial charge in [0.1, 0.15) is 11.5 Å². The lowest BCUT2D eigenvalue weighted by Gasteiger charge is -2.24. The summed E-state index contributed by atoms with van der Waals surface area (Å²) in [5.41, 5.74) is -0.0616. The molecule has 0 unspecified atom stereocenters. The van der Waals surface area contributed by atoms with Gasteiger partial charge < -0.3 is 9.80 Å². The minimum Gasteiger partial charge on any atom is -0.365 e. The van der Waals surface area contributed by atoms with Crippen molar-refractivity contribution in [3.05, 3.63) is 35.2 Å². The van der Waals surface area contributed by atoms with Crippen LogP contribution in [0.4, 0.5) is 19.6 Å². The molecule has 1 aromatic carbocycles. The van der Waals surface area contributed by atoms with Crippen molar-refractivity contribution in [3.8, 4) is 6.07 Å². The molecule has 1 aliphatic rings. The van der Waals surface area contributed by atoms with Crippen LogP contribution in [-0.2, 0) is 6.42 Å². The second-order valence-electron chi connectivity index (χ2n) is 5.57. The molecule has 0 aliphatic carbocycles. The van der Waals surface area contributed by atoms with E-state index in [0.717, 1.165) is 42.5 Å². The topological polar surface area (TPSA) is 56.1 Å². The first kappa shape index (κ1) is 16.6. The van der Waals surface area contributed by atoms with Crippen molar-refractivity contribution in [2.24, 2.45) is 0 Å². The van der Waals surface area contributed by atoms with Crippen molar-refractivity contribution in [1.82, 2.24) is 9.36 Å². The third-order valence-electron chi connectivity index (χ3n) is 4.00. The molecule has 0 spiro atoms. The van der Waals surface area contributed by atoms with Gasteiger partial charge in [0.2, 0.25) is 5.13 Å². The van der Waals surface area contributed by atoms with Gasteiger partial charge in [0, 0.05) is 44.1 Å². The van der Waals surface area contributed by atoms with Crippen LogP contribution < -0.4 is 9.80 Å². The van der Waals surface area contributed by atoms with Crippen molar-refractivity contribution < 1.29 is 8.78 Å². The van der Waals surface area contributed by atoms with Crippen molar-refractivity contribution in [1.29, 1.82) is 5.26 Å². The average Bonchev–Trinajstić information content (AvgIpc) is 2.93. The lowest BCUT2D eigenvalue weighted by molar-refractivity contribution is 0.571. The molecule has 5 nitrogen and oxygen atoms in total. The number of nitrogens with zero attached hydrogens (tertiary/aromatic N) is 5. The summed E-state index contributed by atoms with van der Waals surface area (Å²) in [4.78, 5) is 8.29. The molecule has 2 heterocycles. The molecule has 1 fully saturated rings. The van der Waals surface area contributed by atoms with E-state index < -0.39 is 11.6 Å². The molecular formula is C16H17F2N5S. The van der Waals surface area contributed by atoms with Crippen molar-refractivity contribution in [2.45, 2.75) is 19.8 Å². The van der Waals surface area contributed by atoms with E-state index in [1.807, 2.05) is 6.92 Å². The number of anilines is 2. The fourth-order valence-corrected chi connectivity index (χ4v) is 3.58. The highest BCUT2D eigenvalue weighted by molar-refractivity contribution is 7.09. The van der Waals surface area contributed by atoms with Crippen molar-refractivity contribution in [3.63, 3.8) is 0 Å². The van der Waals surface area contributed by atoms with Crippen LogP contribution in [0, 0.1) is 23.0 Å². The molecule has 1 saturated heterocycles. The summed E-state index contributed by atoms with van der Waals surface area (Å²) in [6.07, 6.45) is 1.55. The SMILES string of the molecule is CCc1nsc(N2CCCN(c3c(F)cc(C#N)cc3F)CC2)n1. The average molecular weight is 349 g/mol. The molecule has 1 aromatic heterocycles. The van der Waals surface area contributed by atoms with E-state index in [1.165, 1.54) is 11.5 Å². The summed E-state index contributed by atoms with van der Waals surface area (Å²) in [7, 11) is 0. The van der Waals surface area contributed by atoms with E-state index in [9.17, 15) is 8.78 Å². The van der Waals surface area contributed by atoms with Crippen LogP contribution in [-0.4, -0.2) is 35.5 Å². The normalized spacial score (nSPS) is 15.2. The summed E-state index contributed by atoms with van der Waals surface area (Å²) >= 11 is 1.36. The molecule has 0 saturated carbocycles. The number of aryl methyl sites for hydroxylation is 1. The summed E-state index contributed by atoms with van der Waals surface area (Å²) in [5.74, 6) is -0.561. The zero-order valence-corrected chi connectivity index (χ0v) is 14.1. The van der Waals surface area contributed by atoms with Gasteiger partial charge in [0.25, 0.3) is 0 Å². The monoisotopic (exact) mass is 349 g/mol. The number of hydrogen-bond donors (Lipinski definition) is 0. The zero-order chi connectivity index (χ0) is 17.1. The van der Waals surface area contributed by atoms with Gasteiger partial charge in [-0.1, -0.05) is 6.92 Å². The van der Waals surface area contributed by atoms with Gasteiger partial charge in [-0.05, 0) is 18.6 Å². The standard InChI is InChI=1S/C16H17F2N5S/c1-2-14-20-16(24-21-14)23-5-3-4-22(6-7-23)15-12(17)8-11(10-19)9-13(15)18/h8-9H,2-7H2,1H3. The molecule has 8 heteroatoms. The van der Waals surface area contributed by atoms with Crippen LogP contribution >= 0.6 is 11.5 Å². The molecule has 0 N–H and O–H groups in total. The number of hydrogen-bond acceptors (Lipinski definition) is 6. The van der Waals surface area contributed by atoms with E-state index in [0.29, 0.717) is 19.6 Å². The number of halogens is 2. The molecule has 1 aliphatic heterocycles. The van der Waals surface area contributed by atoms with Crippen LogP contribution in [0.3, 0.4) is 0 Å². The molecule has 2 aromatic rings. The van der Waals surface area contributed by atoms with Crippen molar-refractivity contribution >= 4 is 22.4 Å². The molecule has 24 heavy (non-hydrogen) atoms. The second-order valence-corrected chi connectivity index (χ2v) is 6.30. The van der Waals surface area contributed by atoms with Gasteiger partial charge in [-0.15, -0.1) is 0 Å². The second kappa shape index (κ2) is 7.09. The lowest BCUT2D eigenvalue weighted by Crippen LogP contribution is -2.31. The molecule has 3 rings (SSSR count). The van der Waals surface area contributed by atoms with Gasteiger partial charge >= 0.3 is 0 Å². The smallest absolute Gasteiger partial charge is 0.205 e. The maximum Gasteiger partial charge on any atom is 0.205 e. The maximum absolute atomic E-state index is 14.2. The molecule has 0 radical (unpaired) electrons. The Morgan fingerprint density at radius 3 is 2.46 bits per heavy atom. The van der Waals surface area contributed by atoms with Gasteiger partial charge in [-0.25, -0.2) is 13.8 Å². The van der Waals surface area contributed by atoms with E-state index in [4.69, 9.17) is 5.26 Å². The quantitative estimate of drug-likeness (QED) is 0.853. The van der Waals surface area contributed by atoms with E-state index in [2.05, 4.69) is 14.3 Å². The highest BCUT2D eigenvalue weighted by atomic mass is 32.1. The Kier molecular flexibility index (Phi) is 4.90. The molecule has 0 bridgehead atoms. The Morgan fingerprint density at radius 1 is 1.17 bits per heavy atom. The van der Waals surface area contributed by atoms with E-state index >= 15 is 0 Å². The molecule has 126 valence electrons. The predicted molar refractivity (Wildman–Crippen MR) is 89.4 cm³/mol. The van der Waals surface area contributed by atoms with Crippen LogP contribution in [0.2, 0.25) is 0 Å². The van der Waals surface area contributed by atoms with E-state index in [1.54, 1.807) is 11.0 Å². The maximum atomic E-state index is 14.2. The Morgan fingerprint density at radius 2 is 1.83 bits per heavy atom. The number of aromatic nitrogens is 2. The molecule has 0 atom stereocenters. The van der Waals surface area contributed by atoms with Crippen molar-refractivity contribution in [2.75, 3.05) is 36.0 Å². The van der Waals surface area contributed by atoms with Crippen LogP contribution in [0.5, 0.6) is 0 Å². The Labute approximate surface area is 143 Å². The summed E-state index contributed by atoms with van der Waals surface area (Å²) < 4.78 is 32.7. The van der Waals surface area contributed by atoms with Gasteiger partial charge in [0.05, 0.1) is 11.6 Å². The van der Waals surface area contributed by atoms with Gasteiger partial charge in [-0.3, -0.25) is 0 Å². The van der Waals surface area contributed by atoms with Crippen LogP contribution in [0.15, 0.2) is 12.1 Å². The summed E-state index contributed by atoms with van der Waals surface area (Å²) in [6.45, 7) is 4.44. The minimum atomic E-state index is -0.691. The Bertz CT molecular complexity index is 747. The highest BCUT2D eigenvalue weighted by Crippen LogP contribution is 2.27. The largest absolute Gasteiger partial charge is 0.365 e. The van der Waals surface area contributed by atoms with Crippen LogP contribution in [0.1, 0.15) is 24.7 Å². The predicted octanol–water partition coefficient (Wildman–Crippen LogP) is 2.97. The van der Waals surface area contributed by atoms with Crippen LogP contribution in [0.25, 0.3) is 0 Å². The molecular weight excluding hydrogens is 332 g/mol. The Hall–Kier alpha value is -2.27.